The third kappa shape index (κ3) is 3.73. The van der Waals surface area contributed by atoms with E-state index in [4.69, 9.17) is 0 Å². The molecule has 3 aliphatic heterocycles. The number of hydrogen-bond acceptors (Lipinski definition) is 1. The first-order chi connectivity index (χ1) is 28.5. The molecule has 4 aliphatic rings. The van der Waals surface area contributed by atoms with Crippen LogP contribution in [0.25, 0.3) is 33.0 Å². The molecule has 0 saturated carbocycles. The first-order valence-electron chi connectivity index (χ1n) is 20.6. The summed E-state index contributed by atoms with van der Waals surface area (Å²) in [5, 5.41) is 8.50. The minimum absolute atomic E-state index is 0.163. The molecule has 0 radical (unpaired) electrons. The van der Waals surface area contributed by atoms with Gasteiger partial charge < -0.3 is 4.90 Å². The summed E-state index contributed by atoms with van der Waals surface area (Å²) in [6.07, 6.45) is 0. The van der Waals surface area contributed by atoms with Crippen LogP contribution in [0.15, 0.2) is 200 Å². The molecule has 1 aliphatic carbocycles. The molecule has 0 aromatic heterocycles. The van der Waals surface area contributed by atoms with E-state index in [2.05, 4.69) is 219 Å². The zero-order valence-electron chi connectivity index (χ0n) is 32.5. The average molecular weight is 754 g/mol. The summed E-state index contributed by atoms with van der Waals surface area (Å²) in [4.78, 5) is 2.60. The van der Waals surface area contributed by atoms with Crippen LogP contribution in [0.3, 0.4) is 0 Å². The molecule has 9 aromatic carbocycles. The lowest BCUT2D eigenvalue weighted by Gasteiger charge is -2.52. The number of nitrogens with zero attached hydrogens (tertiary/aromatic N) is 1. The Balaban J connectivity index is 1.15. The number of hydrogen-bond donors (Lipinski definition) is 0. The highest BCUT2D eigenvalue weighted by Gasteiger charge is 2.56. The average Bonchev–Trinajstić information content (AvgIpc) is 3.74. The monoisotopic (exact) mass is 753 g/mol. The molecule has 13 rings (SSSR count). The van der Waals surface area contributed by atoms with Crippen molar-refractivity contribution in [2.75, 3.05) is 4.90 Å². The van der Waals surface area contributed by atoms with Gasteiger partial charge in [-0.2, -0.15) is 0 Å². The summed E-state index contributed by atoms with van der Waals surface area (Å²) in [5.74, 6) is 0. The van der Waals surface area contributed by atoms with Gasteiger partial charge in [0, 0.05) is 11.1 Å². The van der Waals surface area contributed by atoms with Gasteiger partial charge in [0.25, 0.3) is 0 Å². The fourth-order valence-electron chi connectivity index (χ4n) is 12.1. The Kier molecular flexibility index (Phi) is 6.26. The van der Waals surface area contributed by atoms with Crippen LogP contribution in [0, 0.1) is 0 Å². The van der Waals surface area contributed by atoms with Crippen molar-refractivity contribution in [2.24, 2.45) is 0 Å². The zero-order valence-corrected chi connectivity index (χ0v) is 33.5. The van der Waals surface area contributed by atoms with E-state index in [1.807, 2.05) is 0 Å². The fraction of sp³-hybridized carbons (Fsp3) is 0.0714. The standard InChI is InChI=1S/C56H39NSi/c1-55(2)43-22-8-10-24-45(43)56(46-25-11-9-23-44(46)55)47-26-12-13-27-49(47)57(50-34-37-18-4-3-17-36(37)33-48(50)56)38-31-32-42-41-21-7-16-30-53(41)58(54(42)35-38)51-28-14-5-19-39(51)40-20-6-15-29-52(40)58/h3-35H,1-2H3. The zero-order chi connectivity index (χ0) is 38.4. The molecule has 1 nitrogen and oxygen atoms in total. The van der Waals surface area contributed by atoms with Gasteiger partial charge in [-0.15, -0.1) is 0 Å². The second-order valence-electron chi connectivity index (χ2n) is 17.2. The summed E-state index contributed by atoms with van der Waals surface area (Å²) >= 11 is 0. The van der Waals surface area contributed by atoms with Crippen molar-refractivity contribution in [3.8, 4) is 22.3 Å². The number of rotatable bonds is 1. The molecule has 58 heavy (non-hydrogen) atoms. The third-order valence-corrected chi connectivity index (χ3v) is 19.3. The van der Waals surface area contributed by atoms with Gasteiger partial charge in [-0.3, -0.25) is 0 Å². The fourth-order valence-corrected chi connectivity index (χ4v) is 17.7. The smallest absolute Gasteiger partial charge is 0.182 e. The van der Waals surface area contributed by atoms with E-state index in [9.17, 15) is 0 Å². The van der Waals surface area contributed by atoms with Crippen molar-refractivity contribution in [3.63, 3.8) is 0 Å². The molecule has 0 bridgehead atoms. The maximum atomic E-state index is 2.60. The molecule has 0 saturated heterocycles. The van der Waals surface area contributed by atoms with Crippen molar-refractivity contribution in [3.05, 3.63) is 234 Å². The molecule has 272 valence electrons. The number of para-hydroxylation sites is 1. The van der Waals surface area contributed by atoms with Gasteiger partial charge in [0.2, 0.25) is 0 Å². The van der Waals surface area contributed by atoms with Crippen LogP contribution in [0.1, 0.15) is 47.2 Å². The Morgan fingerprint density at radius 2 is 0.793 bits per heavy atom. The van der Waals surface area contributed by atoms with Crippen molar-refractivity contribution in [1.29, 1.82) is 0 Å². The van der Waals surface area contributed by atoms with Crippen molar-refractivity contribution < 1.29 is 0 Å². The van der Waals surface area contributed by atoms with Crippen molar-refractivity contribution in [2.45, 2.75) is 24.7 Å². The predicted molar refractivity (Wildman–Crippen MR) is 244 cm³/mol. The number of fused-ring (bicyclic) bond motifs is 19. The van der Waals surface area contributed by atoms with Gasteiger partial charge >= 0.3 is 0 Å². The molecular weight excluding hydrogens is 715 g/mol. The second kappa shape index (κ2) is 11.2. The normalized spacial score (nSPS) is 16.1. The molecule has 0 N–H and O–H groups in total. The minimum Gasteiger partial charge on any atom is -0.310 e. The van der Waals surface area contributed by atoms with Crippen LogP contribution < -0.4 is 25.6 Å². The summed E-state index contributed by atoms with van der Waals surface area (Å²) < 4.78 is 0. The quantitative estimate of drug-likeness (QED) is 0.151. The third-order valence-electron chi connectivity index (χ3n) is 14.3. The van der Waals surface area contributed by atoms with Gasteiger partial charge in [0.15, 0.2) is 8.07 Å². The first kappa shape index (κ1) is 32.4. The van der Waals surface area contributed by atoms with E-state index in [1.165, 1.54) is 104 Å². The van der Waals surface area contributed by atoms with Crippen LogP contribution >= 0.6 is 0 Å². The molecule has 0 atom stereocenters. The number of benzene rings is 9. The first-order valence-corrected chi connectivity index (χ1v) is 22.6. The molecule has 9 aromatic rings. The van der Waals surface area contributed by atoms with Crippen LogP contribution in [0.4, 0.5) is 17.1 Å². The van der Waals surface area contributed by atoms with Gasteiger partial charge in [-0.25, -0.2) is 0 Å². The van der Waals surface area contributed by atoms with E-state index in [0.717, 1.165) is 0 Å². The van der Waals surface area contributed by atoms with E-state index in [-0.39, 0.29) is 5.41 Å². The molecule has 2 heteroatoms. The van der Waals surface area contributed by atoms with E-state index in [1.54, 1.807) is 0 Å². The Morgan fingerprint density at radius 1 is 0.345 bits per heavy atom. The molecule has 0 unspecified atom stereocenters. The number of anilines is 3. The molecular formula is C56H39NSi. The highest BCUT2D eigenvalue weighted by Crippen LogP contribution is 2.63. The Labute approximate surface area is 340 Å². The maximum absolute atomic E-state index is 2.65. The van der Waals surface area contributed by atoms with Crippen molar-refractivity contribution in [1.82, 2.24) is 0 Å². The lowest BCUT2D eigenvalue weighted by atomic mass is 9.53. The highest BCUT2D eigenvalue weighted by molar-refractivity contribution is 7.24. The van der Waals surface area contributed by atoms with Crippen LogP contribution in [-0.2, 0) is 10.8 Å². The van der Waals surface area contributed by atoms with Crippen LogP contribution in [0.5, 0.6) is 0 Å². The van der Waals surface area contributed by atoms with E-state index >= 15 is 0 Å². The van der Waals surface area contributed by atoms with Gasteiger partial charge in [0.1, 0.15) is 0 Å². The van der Waals surface area contributed by atoms with E-state index < -0.39 is 13.5 Å². The Morgan fingerprint density at radius 3 is 1.38 bits per heavy atom. The van der Waals surface area contributed by atoms with Gasteiger partial charge in [-0.1, -0.05) is 184 Å². The van der Waals surface area contributed by atoms with Gasteiger partial charge in [-0.05, 0) is 117 Å². The maximum Gasteiger partial charge on any atom is 0.182 e. The summed E-state index contributed by atoms with van der Waals surface area (Å²) in [5.41, 5.74) is 16.7. The predicted octanol–water partition coefficient (Wildman–Crippen LogP) is 11.0. The lowest BCUT2D eigenvalue weighted by Crippen LogP contribution is -2.70. The molecule has 2 spiro atoms. The summed E-state index contributed by atoms with van der Waals surface area (Å²) in [7, 11) is -2.65. The van der Waals surface area contributed by atoms with Gasteiger partial charge in [0.05, 0.1) is 16.8 Å². The van der Waals surface area contributed by atoms with Crippen molar-refractivity contribution >= 4 is 56.7 Å². The summed E-state index contributed by atoms with van der Waals surface area (Å²) in [6, 6.07) is 76.9. The molecule has 3 heterocycles. The van der Waals surface area contributed by atoms with E-state index in [0.29, 0.717) is 0 Å². The topological polar surface area (TPSA) is 3.24 Å². The largest absolute Gasteiger partial charge is 0.310 e. The molecule has 0 fully saturated rings. The lowest BCUT2D eigenvalue weighted by molar-refractivity contribution is 0.557. The minimum atomic E-state index is -2.65. The molecule has 0 amide bonds. The Bertz CT molecular complexity index is 3130. The Hall–Kier alpha value is -6.74. The second-order valence-corrected chi connectivity index (χ2v) is 20.8. The SMILES string of the molecule is CC1(C)c2ccccc2C2(c3ccccc3N(c3ccc4c(c3)[Si]3(c5ccccc5-c5ccccc53)c3ccccc3-4)c3cc4ccccc4cc32)c2ccccc21. The van der Waals surface area contributed by atoms with Crippen LogP contribution in [-0.4, -0.2) is 8.07 Å². The summed E-state index contributed by atoms with van der Waals surface area (Å²) in [6.45, 7) is 4.81. The highest BCUT2D eigenvalue weighted by atomic mass is 28.3. The van der Waals surface area contributed by atoms with Crippen LogP contribution in [0.2, 0.25) is 0 Å².